The van der Waals surface area contributed by atoms with Gasteiger partial charge in [0.25, 0.3) is 5.91 Å². The second-order valence-electron chi connectivity index (χ2n) is 5.14. The normalized spacial score (nSPS) is 13.1. The number of benzene rings is 1. The molecule has 0 fully saturated rings. The Kier molecular flexibility index (Phi) is 3.23. The molecule has 0 saturated heterocycles. The number of amides is 1. The molecule has 1 aliphatic carbocycles. The summed E-state index contributed by atoms with van der Waals surface area (Å²) in [4.78, 5) is 21.9. The second-order valence-corrected chi connectivity index (χ2v) is 6.22. The fourth-order valence-electron chi connectivity index (χ4n) is 2.56. The van der Waals surface area contributed by atoms with Gasteiger partial charge in [-0.25, -0.2) is 9.97 Å². The van der Waals surface area contributed by atoms with Crippen LogP contribution in [-0.4, -0.2) is 15.9 Å². The van der Waals surface area contributed by atoms with E-state index in [0.717, 1.165) is 24.1 Å². The number of anilines is 1. The molecule has 1 amide bonds. The van der Waals surface area contributed by atoms with Crippen molar-refractivity contribution in [1.82, 2.24) is 9.97 Å². The summed E-state index contributed by atoms with van der Waals surface area (Å²) in [6, 6.07) is 7.23. The van der Waals surface area contributed by atoms with Crippen LogP contribution in [0.15, 0.2) is 41.3 Å². The Morgan fingerprint density at radius 3 is 2.82 bits per heavy atom. The highest BCUT2D eigenvalue weighted by Crippen LogP contribution is 2.30. The molecule has 2 aromatic heterocycles. The van der Waals surface area contributed by atoms with Crippen LogP contribution in [0.5, 0.6) is 0 Å². The number of hydrogen-bond acceptors (Lipinski definition) is 5. The zero-order chi connectivity index (χ0) is 14.9. The van der Waals surface area contributed by atoms with Gasteiger partial charge >= 0.3 is 0 Å². The van der Waals surface area contributed by atoms with Crippen LogP contribution in [0.2, 0.25) is 0 Å². The Labute approximate surface area is 131 Å². The summed E-state index contributed by atoms with van der Waals surface area (Å²) in [6.45, 7) is 0. The van der Waals surface area contributed by atoms with E-state index in [1.807, 2.05) is 12.1 Å². The number of nitrogens with one attached hydrogen (secondary N) is 1. The van der Waals surface area contributed by atoms with Crippen LogP contribution >= 0.6 is 11.3 Å². The van der Waals surface area contributed by atoms with E-state index >= 15 is 0 Å². The number of carbonyl (C=O) groups is 1. The number of aryl methyl sites for hydroxylation is 2. The third kappa shape index (κ3) is 2.42. The van der Waals surface area contributed by atoms with E-state index in [2.05, 4.69) is 15.3 Å². The molecule has 110 valence electrons. The molecule has 1 aliphatic rings. The number of aromatic nitrogens is 2. The highest BCUT2D eigenvalue weighted by atomic mass is 32.1. The van der Waals surface area contributed by atoms with Crippen LogP contribution in [0.4, 0.5) is 5.13 Å². The summed E-state index contributed by atoms with van der Waals surface area (Å²) in [5.41, 5.74) is 2.63. The van der Waals surface area contributed by atoms with Crippen LogP contribution < -0.4 is 5.32 Å². The molecule has 1 N–H and O–H groups in total. The van der Waals surface area contributed by atoms with Crippen LogP contribution in [0.25, 0.3) is 11.3 Å². The van der Waals surface area contributed by atoms with E-state index in [-0.39, 0.29) is 5.91 Å². The van der Waals surface area contributed by atoms with E-state index in [1.165, 1.54) is 17.7 Å². The van der Waals surface area contributed by atoms with Gasteiger partial charge in [-0.2, -0.15) is 0 Å². The molecule has 4 rings (SSSR count). The summed E-state index contributed by atoms with van der Waals surface area (Å²) in [6.07, 6.45) is 6.30. The molecule has 0 radical (unpaired) electrons. The molecule has 1 aromatic carbocycles. The molecule has 0 atom stereocenters. The van der Waals surface area contributed by atoms with Gasteiger partial charge in [-0.15, -0.1) is 11.3 Å². The fourth-order valence-corrected chi connectivity index (χ4v) is 3.60. The molecule has 0 aliphatic heterocycles. The quantitative estimate of drug-likeness (QED) is 0.803. The minimum absolute atomic E-state index is 0.142. The van der Waals surface area contributed by atoms with Crippen molar-refractivity contribution >= 4 is 22.4 Å². The van der Waals surface area contributed by atoms with Crippen LogP contribution in [-0.2, 0) is 12.8 Å². The van der Waals surface area contributed by atoms with Gasteiger partial charge in [0.05, 0.1) is 11.9 Å². The molecule has 6 heteroatoms. The third-order valence-electron chi connectivity index (χ3n) is 3.68. The molecular formula is C16H13N3O2S. The number of carbonyl (C=O) groups excluding carboxylic acids is 1. The van der Waals surface area contributed by atoms with Crippen molar-refractivity contribution in [3.63, 3.8) is 0 Å². The van der Waals surface area contributed by atoms with Crippen molar-refractivity contribution in [2.75, 3.05) is 5.32 Å². The first-order valence-corrected chi connectivity index (χ1v) is 7.90. The Morgan fingerprint density at radius 2 is 2.09 bits per heavy atom. The lowest BCUT2D eigenvalue weighted by atomic mass is 10.1. The zero-order valence-electron chi connectivity index (χ0n) is 11.7. The fraction of sp³-hybridized carbons (Fsp3) is 0.188. The zero-order valence-corrected chi connectivity index (χ0v) is 12.5. The van der Waals surface area contributed by atoms with Crippen LogP contribution in [0, 0.1) is 0 Å². The predicted octanol–water partition coefficient (Wildman–Crippen LogP) is 3.54. The van der Waals surface area contributed by atoms with E-state index in [9.17, 15) is 4.79 Å². The molecule has 0 bridgehead atoms. The van der Waals surface area contributed by atoms with E-state index < -0.39 is 0 Å². The van der Waals surface area contributed by atoms with Gasteiger partial charge in [0.15, 0.2) is 17.3 Å². The lowest BCUT2D eigenvalue weighted by molar-refractivity contribution is 0.102. The van der Waals surface area contributed by atoms with Gasteiger partial charge < -0.3 is 4.42 Å². The Balaban J connectivity index is 1.50. The maximum atomic E-state index is 12.3. The number of thiazole rings is 1. The molecule has 0 spiro atoms. The van der Waals surface area contributed by atoms with E-state index in [4.69, 9.17) is 4.42 Å². The van der Waals surface area contributed by atoms with Crippen molar-refractivity contribution in [3.05, 3.63) is 53.0 Å². The topological polar surface area (TPSA) is 68.0 Å². The summed E-state index contributed by atoms with van der Waals surface area (Å²) in [7, 11) is 0. The molecule has 0 unspecified atom stereocenters. The molecule has 22 heavy (non-hydrogen) atoms. The maximum Gasteiger partial charge on any atom is 0.257 e. The Morgan fingerprint density at radius 1 is 1.23 bits per heavy atom. The molecular weight excluding hydrogens is 298 g/mol. The van der Waals surface area contributed by atoms with Crippen LogP contribution in [0.3, 0.4) is 0 Å². The van der Waals surface area contributed by atoms with Crippen LogP contribution in [0.1, 0.15) is 27.3 Å². The van der Waals surface area contributed by atoms with E-state index in [0.29, 0.717) is 16.5 Å². The highest BCUT2D eigenvalue weighted by Gasteiger charge is 2.18. The average Bonchev–Trinajstić information content (AvgIpc) is 3.24. The summed E-state index contributed by atoms with van der Waals surface area (Å²) in [5.74, 6) is 0.542. The Bertz CT molecular complexity index is 785. The largest absolute Gasteiger partial charge is 0.444 e. The number of fused-ring (bicyclic) bond motifs is 1. The van der Waals surface area contributed by atoms with Gasteiger partial charge in [0, 0.05) is 16.0 Å². The van der Waals surface area contributed by atoms with Gasteiger partial charge in [-0.05, 0) is 31.4 Å². The van der Waals surface area contributed by atoms with Gasteiger partial charge in [0.1, 0.15) is 0 Å². The highest BCUT2D eigenvalue weighted by molar-refractivity contribution is 7.15. The lowest BCUT2D eigenvalue weighted by Gasteiger charge is -2.03. The first kappa shape index (κ1) is 13.2. The molecule has 3 aromatic rings. The first-order valence-electron chi connectivity index (χ1n) is 7.08. The number of oxazole rings is 1. The summed E-state index contributed by atoms with van der Waals surface area (Å²) in [5, 5.41) is 3.56. The molecule has 0 saturated carbocycles. The minimum Gasteiger partial charge on any atom is -0.444 e. The third-order valence-corrected chi connectivity index (χ3v) is 4.75. The second kappa shape index (κ2) is 5.38. The predicted molar refractivity (Wildman–Crippen MR) is 84.0 cm³/mol. The first-order chi connectivity index (χ1) is 10.8. The monoisotopic (exact) mass is 311 g/mol. The van der Waals surface area contributed by atoms with Crippen molar-refractivity contribution in [3.8, 4) is 11.3 Å². The smallest absolute Gasteiger partial charge is 0.257 e. The number of nitrogens with zero attached hydrogens (tertiary/aromatic N) is 2. The van der Waals surface area contributed by atoms with Gasteiger partial charge in [-0.1, -0.05) is 12.1 Å². The molecule has 5 nitrogen and oxygen atoms in total. The van der Waals surface area contributed by atoms with Crippen molar-refractivity contribution in [2.45, 2.75) is 19.3 Å². The van der Waals surface area contributed by atoms with Crippen molar-refractivity contribution in [2.24, 2.45) is 0 Å². The van der Waals surface area contributed by atoms with E-state index in [1.54, 1.807) is 29.7 Å². The summed E-state index contributed by atoms with van der Waals surface area (Å²) >= 11 is 1.58. The SMILES string of the molecule is O=C(Nc1nc2c(s1)CCC2)c1ccc(-c2cnco2)cc1. The Hall–Kier alpha value is -2.47. The van der Waals surface area contributed by atoms with Gasteiger partial charge in [-0.3, -0.25) is 10.1 Å². The summed E-state index contributed by atoms with van der Waals surface area (Å²) < 4.78 is 5.23. The van der Waals surface area contributed by atoms with Crippen molar-refractivity contribution in [1.29, 1.82) is 0 Å². The number of rotatable bonds is 3. The maximum absolute atomic E-state index is 12.3. The number of hydrogen-bond donors (Lipinski definition) is 1. The van der Waals surface area contributed by atoms with Gasteiger partial charge in [0.2, 0.25) is 0 Å². The minimum atomic E-state index is -0.142. The lowest BCUT2D eigenvalue weighted by Crippen LogP contribution is -2.11. The van der Waals surface area contributed by atoms with Crippen molar-refractivity contribution < 1.29 is 9.21 Å². The average molecular weight is 311 g/mol. The standard InChI is InChI=1S/C16H13N3O2S/c20-15(19-16-18-12-2-1-3-14(12)22-16)11-6-4-10(5-7-11)13-8-17-9-21-13/h4-9H,1-3H2,(H,18,19,20). The molecule has 2 heterocycles.